The van der Waals surface area contributed by atoms with Crippen molar-refractivity contribution >= 4 is 51.6 Å². The van der Waals surface area contributed by atoms with Crippen LogP contribution in [0.5, 0.6) is 0 Å². The van der Waals surface area contributed by atoms with Crippen molar-refractivity contribution in [2.24, 2.45) is 0 Å². The maximum atomic E-state index is 14.2. The van der Waals surface area contributed by atoms with Crippen LogP contribution in [0, 0.1) is 6.92 Å². The lowest BCUT2D eigenvalue weighted by Gasteiger charge is -2.20. The first kappa shape index (κ1) is 26.0. The van der Waals surface area contributed by atoms with Crippen LogP contribution < -0.4 is 8.65 Å². The number of benzene rings is 5. The minimum atomic E-state index is -4.92. The summed E-state index contributed by atoms with van der Waals surface area (Å²) in [5, 5.41) is 1.63. The van der Waals surface area contributed by atoms with Gasteiger partial charge in [0.15, 0.2) is 0 Å². The number of rotatable bonds is 7. The van der Waals surface area contributed by atoms with Gasteiger partial charge in [0.2, 0.25) is 0 Å². The summed E-state index contributed by atoms with van der Waals surface area (Å²) in [5.41, 5.74) is 0.324. The summed E-state index contributed by atoms with van der Waals surface area (Å²) in [4.78, 5) is 1.07. The number of quaternary nitrogens is 1. The molecule has 0 spiro atoms. The van der Waals surface area contributed by atoms with Gasteiger partial charge in [-0.2, -0.15) is 16.8 Å². The third-order valence-electron chi connectivity index (χ3n) is 6.17. The fourth-order valence-corrected chi connectivity index (χ4v) is 10.5. The lowest BCUT2D eigenvalue weighted by atomic mass is 10.1. The van der Waals surface area contributed by atoms with Crippen molar-refractivity contribution in [3.63, 3.8) is 0 Å². The van der Waals surface area contributed by atoms with Crippen molar-refractivity contribution in [3.05, 3.63) is 115 Å². The Balaban J connectivity index is 1.78. The van der Waals surface area contributed by atoms with Crippen LogP contribution in [0.15, 0.2) is 124 Å². The first-order valence-electron chi connectivity index (χ1n) is 11.4. The van der Waals surface area contributed by atoms with E-state index in [9.17, 15) is 25.3 Å². The van der Waals surface area contributed by atoms with Crippen LogP contribution in [0.1, 0.15) is 5.56 Å². The molecule has 5 aromatic rings. The molecule has 11 heteroatoms. The van der Waals surface area contributed by atoms with Crippen LogP contribution in [0.3, 0.4) is 0 Å². The van der Waals surface area contributed by atoms with E-state index >= 15 is 0 Å². The molecule has 0 saturated carbocycles. The van der Waals surface area contributed by atoms with Crippen molar-refractivity contribution in [2.45, 2.75) is 21.6 Å². The predicted octanol–water partition coefficient (Wildman–Crippen LogP) is 3.16. The number of fused-ring (bicyclic) bond motifs is 2. The molecule has 0 aromatic heterocycles. The summed E-state index contributed by atoms with van der Waals surface area (Å²) in [6, 6.07) is 27.9. The molecule has 2 N–H and O–H groups in total. The second-order valence-corrected chi connectivity index (χ2v) is 14.2. The molecular weight excluding hydrogens is 545 g/mol. The lowest BCUT2D eigenvalue weighted by Crippen LogP contribution is -3.21. The first-order chi connectivity index (χ1) is 18.0. The first-order valence-corrected chi connectivity index (χ1v) is 15.9. The summed E-state index contributed by atoms with van der Waals surface area (Å²) >= 11 is 0. The van der Waals surface area contributed by atoms with Crippen molar-refractivity contribution < 1.29 is 29.1 Å². The quantitative estimate of drug-likeness (QED) is 0.292. The number of hydrogen-bond donors (Lipinski definition) is 2. The molecule has 0 amide bonds. The Kier molecular flexibility index (Phi) is 6.58. The van der Waals surface area contributed by atoms with Crippen LogP contribution >= 0.6 is 0 Å². The Morgan fingerprint density at radius 1 is 0.500 bits per heavy atom. The molecule has 0 radical (unpaired) electrons. The topological polar surface area (TPSA) is 119 Å². The molecule has 0 fully saturated rings. The molecule has 0 heterocycles. The average Bonchev–Trinajstić information content (AvgIpc) is 2.91. The monoisotopic (exact) mass is 567 g/mol. The van der Waals surface area contributed by atoms with Gasteiger partial charge in [0, 0.05) is 10.8 Å². The Bertz CT molecular complexity index is 1900. The fourth-order valence-electron chi connectivity index (χ4n) is 4.34. The number of sulfonamides is 3. The molecule has 38 heavy (non-hydrogen) atoms. The van der Waals surface area contributed by atoms with Gasteiger partial charge in [-0.05, 0) is 50.1 Å². The second kappa shape index (κ2) is 9.61. The van der Waals surface area contributed by atoms with Crippen molar-refractivity contribution in [3.8, 4) is 0 Å². The van der Waals surface area contributed by atoms with E-state index in [0.29, 0.717) is 16.3 Å². The van der Waals surface area contributed by atoms with Gasteiger partial charge in [-0.15, -0.1) is 0 Å². The minimum absolute atomic E-state index is 0.237. The number of nitrogens with one attached hydrogen (secondary N) is 2. The van der Waals surface area contributed by atoms with E-state index in [4.69, 9.17) is 0 Å². The van der Waals surface area contributed by atoms with Gasteiger partial charge in [-0.1, -0.05) is 91.0 Å². The molecule has 5 rings (SSSR count). The highest BCUT2D eigenvalue weighted by Gasteiger charge is 2.46. The normalized spacial score (nSPS) is 12.8. The molecule has 0 aliphatic rings. The van der Waals surface area contributed by atoms with E-state index in [2.05, 4.69) is 0 Å². The summed E-state index contributed by atoms with van der Waals surface area (Å²) < 4.78 is 82.3. The van der Waals surface area contributed by atoms with Crippen molar-refractivity contribution in [1.82, 2.24) is 4.83 Å². The van der Waals surface area contributed by atoms with Gasteiger partial charge in [-0.25, -0.2) is 8.42 Å². The van der Waals surface area contributed by atoms with Crippen LogP contribution in [0.2, 0.25) is 0 Å². The van der Waals surface area contributed by atoms with E-state index in [1.54, 1.807) is 66.7 Å². The third-order valence-corrected chi connectivity index (χ3v) is 12.3. The van der Waals surface area contributed by atoms with Crippen LogP contribution in [0.4, 0.5) is 0 Å². The Hall–Kier alpha value is -3.61. The zero-order chi connectivity index (χ0) is 27.1. The predicted molar refractivity (Wildman–Crippen MR) is 145 cm³/mol. The standard InChI is InChI=1S/C27H22N2O6S3/c1-20-10-2-7-17-25(20)36(30,31)28-29(37(32,33)26-18-8-13-21-11-3-5-15-23(21)26)38(34,35)27-19-9-14-22-12-4-6-16-24(22)27/h2-19,28H,1H3/p+1. The van der Waals surface area contributed by atoms with Gasteiger partial charge in [0.05, 0.1) is 4.90 Å². The molecule has 8 nitrogen and oxygen atoms in total. The molecule has 0 saturated heterocycles. The highest BCUT2D eigenvalue weighted by atomic mass is 32.3. The van der Waals surface area contributed by atoms with E-state index < -0.39 is 33.9 Å². The largest absolute Gasteiger partial charge is 0.359 e. The maximum Gasteiger partial charge on any atom is 0.359 e. The van der Waals surface area contributed by atoms with E-state index in [0.717, 1.165) is 0 Å². The Labute approximate surface area is 221 Å². The van der Waals surface area contributed by atoms with Gasteiger partial charge in [-0.3, -0.25) is 0 Å². The van der Waals surface area contributed by atoms with Gasteiger partial charge >= 0.3 is 20.0 Å². The number of hydrogen-bond acceptors (Lipinski definition) is 6. The van der Waals surface area contributed by atoms with Crippen LogP contribution in [-0.2, 0) is 30.1 Å². The van der Waals surface area contributed by atoms with E-state index in [1.807, 2.05) is 4.83 Å². The van der Waals surface area contributed by atoms with Crippen molar-refractivity contribution in [1.29, 1.82) is 0 Å². The molecular formula is C27H23N2O6S3+. The highest BCUT2D eigenvalue weighted by Crippen LogP contribution is 2.25. The Morgan fingerprint density at radius 2 is 0.895 bits per heavy atom. The van der Waals surface area contributed by atoms with Gasteiger partial charge in [0.1, 0.15) is 9.79 Å². The smallest absolute Gasteiger partial charge is 0.202 e. The summed E-state index contributed by atoms with van der Waals surface area (Å²) in [5.74, 6) is 0. The minimum Gasteiger partial charge on any atom is -0.202 e. The van der Waals surface area contributed by atoms with E-state index in [-0.39, 0.29) is 25.5 Å². The van der Waals surface area contributed by atoms with Crippen molar-refractivity contribution in [2.75, 3.05) is 0 Å². The molecule has 0 bridgehead atoms. The molecule has 0 aliphatic heterocycles. The lowest BCUT2D eigenvalue weighted by molar-refractivity contribution is -0.657. The third kappa shape index (κ3) is 4.48. The SMILES string of the molecule is Cc1ccccc1S(=O)(=O)N[NH+](S(=O)(=O)c1cccc2ccccc12)S(=O)(=O)c1cccc2ccccc12. The fraction of sp³-hybridized carbons (Fsp3) is 0.0370. The molecule has 5 aromatic carbocycles. The highest BCUT2D eigenvalue weighted by molar-refractivity contribution is 7.98. The summed E-state index contributed by atoms with van der Waals surface area (Å²) in [7, 11) is -14.5. The average molecular weight is 568 g/mol. The molecule has 0 aliphatic carbocycles. The van der Waals surface area contributed by atoms with E-state index in [1.165, 1.54) is 49.4 Å². The van der Waals surface area contributed by atoms with Gasteiger partial charge in [0.25, 0.3) is 10.0 Å². The molecule has 0 unspecified atom stereocenters. The van der Waals surface area contributed by atoms with Gasteiger partial charge < -0.3 is 0 Å². The zero-order valence-corrected chi connectivity index (χ0v) is 22.5. The maximum absolute atomic E-state index is 14.2. The number of aryl methyl sites for hydroxylation is 1. The van der Waals surface area contributed by atoms with Crippen LogP contribution in [-0.4, -0.2) is 25.3 Å². The summed E-state index contributed by atoms with van der Waals surface area (Å²) in [6.45, 7) is 1.53. The van der Waals surface area contributed by atoms with Crippen LogP contribution in [0.25, 0.3) is 21.5 Å². The molecule has 194 valence electrons. The zero-order valence-electron chi connectivity index (χ0n) is 20.1. The summed E-state index contributed by atoms with van der Waals surface area (Å²) in [6.07, 6.45) is 0. The Morgan fingerprint density at radius 3 is 1.39 bits per heavy atom. The second-order valence-electron chi connectivity index (χ2n) is 8.62. The molecule has 0 atom stereocenters.